The van der Waals surface area contributed by atoms with Gasteiger partial charge in [0.05, 0.1) is 22.3 Å². The maximum atomic E-state index is 12.3. The first-order chi connectivity index (χ1) is 30.4. The normalized spacial score (nSPS) is 12.1. The van der Waals surface area contributed by atoms with Gasteiger partial charge in [0.15, 0.2) is 0 Å². The molecule has 0 aliphatic rings. The molecule has 0 spiro atoms. The van der Waals surface area contributed by atoms with E-state index in [1.165, 1.54) is 22.3 Å². The van der Waals surface area contributed by atoms with Crippen molar-refractivity contribution in [3.8, 4) is 67.5 Å². The van der Waals surface area contributed by atoms with Crippen molar-refractivity contribution in [1.82, 2.24) is 14.5 Å². The van der Waals surface area contributed by atoms with Crippen LogP contribution in [0.3, 0.4) is 0 Å². The third-order valence-electron chi connectivity index (χ3n) is 12.6. The SMILES string of the molecule is CC(C)Cc1ccc(-n2c(-c3cc(C(C)C)cc(C(C)C)c3O)nc3c(-c4[c-]c(-c5cc(-c6ccc(C(C)(C)C)cc6)ccn5)cc(C(C)(C)C)c4)cccc32)c(-c2ccccc2)c1.[Pt]. The van der Waals surface area contributed by atoms with Gasteiger partial charge in [0.25, 0.3) is 0 Å². The van der Waals surface area contributed by atoms with E-state index in [2.05, 4.69) is 221 Å². The summed E-state index contributed by atoms with van der Waals surface area (Å²) in [7, 11) is 0. The first kappa shape index (κ1) is 47.4. The van der Waals surface area contributed by atoms with Crippen molar-refractivity contribution in [3.63, 3.8) is 0 Å². The van der Waals surface area contributed by atoms with Crippen LogP contribution in [0.15, 0.2) is 134 Å². The van der Waals surface area contributed by atoms with Crippen LogP contribution in [0.1, 0.15) is 123 Å². The second-order valence-corrected chi connectivity index (χ2v) is 20.8. The van der Waals surface area contributed by atoms with Gasteiger partial charge in [-0.15, -0.1) is 29.3 Å². The molecule has 0 aliphatic carbocycles. The van der Waals surface area contributed by atoms with Gasteiger partial charge in [0.2, 0.25) is 0 Å². The Morgan fingerprint density at radius 3 is 1.94 bits per heavy atom. The van der Waals surface area contributed by atoms with Crippen molar-refractivity contribution < 1.29 is 26.2 Å². The number of fused-ring (bicyclic) bond motifs is 1. The molecular formula is C60H64N3OPt-. The molecule has 8 aromatic rings. The number of phenols is 1. The van der Waals surface area contributed by atoms with Gasteiger partial charge in [0.1, 0.15) is 11.6 Å². The zero-order valence-electron chi connectivity index (χ0n) is 40.2. The molecular weight excluding hydrogens is 974 g/mol. The molecule has 0 saturated carbocycles. The Morgan fingerprint density at radius 1 is 0.600 bits per heavy atom. The van der Waals surface area contributed by atoms with E-state index < -0.39 is 0 Å². The number of hydrogen-bond donors (Lipinski definition) is 1. The minimum absolute atomic E-state index is 0. The molecule has 0 fully saturated rings. The van der Waals surface area contributed by atoms with Gasteiger partial charge in [0, 0.05) is 38.5 Å². The molecule has 2 aromatic heterocycles. The number of para-hydroxylation sites is 1. The topological polar surface area (TPSA) is 50.9 Å². The molecule has 0 atom stereocenters. The van der Waals surface area contributed by atoms with E-state index >= 15 is 0 Å². The summed E-state index contributed by atoms with van der Waals surface area (Å²) in [5.41, 5.74) is 17.6. The Hall–Kier alpha value is -5.57. The number of aromatic hydroxyl groups is 1. The molecule has 2 heterocycles. The van der Waals surface area contributed by atoms with Crippen molar-refractivity contribution in [1.29, 1.82) is 0 Å². The second-order valence-electron chi connectivity index (χ2n) is 20.8. The van der Waals surface area contributed by atoms with Crippen LogP contribution in [-0.4, -0.2) is 19.6 Å². The molecule has 65 heavy (non-hydrogen) atoms. The molecule has 4 nitrogen and oxygen atoms in total. The molecule has 6 aromatic carbocycles. The Labute approximate surface area is 402 Å². The number of imidazole rings is 1. The Morgan fingerprint density at radius 2 is 1.29 bits per heavy atom. The molecule has 336 valence electrons. The summed E-state index contributed by atoms with van der Waals surface area (Å²) in [5, 5.41) is 12.3. The molecule has 0 radical (unpaired) electrons. The number of rotatable bonds is 10. The minimum atomic E-state index is -0.157. The third kappa shape index (κ3) is 9.85. The number of pyridine rings is 1. The average molecular weight is 1040 g/mol. The Balaban J connectivity index is 0.00000630. The first-order valence-corrected chi connectivity index (χ1v) is 23.1. The van der Waals surface area contributed by atoms with Crippen molar-refractivity contribution in [3.05, 3.63) is 167 Å². The van der Waals surface area contributed by atoms with Crippen LogP contribution in [-0.2, 0) is 38.3 Å². The number of aromatic nitrogens is 3. The van der Waals surface area contributed by atoms with Gasteiger partial charge < -0.3 is 5.11 Å². The molecule has 8 rings (SSSR count). The van der Waals surface area contributed by atoms with Crippen molar-refractivity contribution in [2.75, 3.05) is 0 Å². The van der Waals surface area contributed by atoms with E-state index in [1.807, 2.05) is 6.20 Å². The number of phenolic OH excluding ortho intramolecular Hbond substituents is 1. The fourth-order valence-corrected chi connectivity index (χ4v) is 8.80. The molecule has 0 bridgehead atoms. The predicted molar refractivity (Wildman–Crippen MR) is 271 cm³/mol. The summed E-state index contributed by atoms with van der Waals surface area (Å²) in [6.07, 6.45) is 2.88. The first-order valence-electron chi connectivity index (χ1n) is 23.1. The van der Waals surface area contributed by atoms with Gasteiger partial charge >= 0.3 is 0 Å². The Kier molecular flexibility index (Phi) is 13.7. The van der Waals surface area contributed by atoms with Crippen LogP contribution in [0.2, 0.25) is 0 Å². The van der Waals surface area contributed by atoms with Crippen LogP contribution in [0.4, 0.5) is 0 Å². The van der Waals surface area contributed by atoms with Gasteiger partial charge in [-0.05, 0) is 104 Å². The fraction of sp³-hybridized carbons (Fsp3) is 0.300. The van der Waals surface area contributed by atoms with Gasteiger partial charge in [-0.3, -0.25) is 9.55 Å². The van der Waals surface area contributed by atoms with Crippen LogP contribution < -0.4 is 0 Å². The molecule has 0 unspecified atom stereocenters. The molecule has 5 heteroatoms. The average Bonchev–Trinajstić information content (AvgIpc) is 3.65. The van der Waals surface area contributed by atoms with E-state index in [1.54, 1.807) is 0 Å². The number of benzene rings is 6. The maximum absolute atomic E-state index is 12.3. The zero-order chi connectivity index (χ0) is 45.7. The van der Waals surface area contributed by atoms with E-state index in [0.717, 1.165) is 78.9 Å². The van der Waals surface area contributed by atoms with Crippen LogP contribution >= 0.6 is 0 Å². The summed E-state index contributed by atoms with van der Waals surface area (Å²) in [6.45, 7) is 26.8. The van der Waals surface area contributed by atoms with E-state index in [0.29, 0.717) is 11.7 Å². The summed E-state index contributed by atoms with van der Waals surface area (Å²) in [5.74, 6) is 1.86. The summed E-state index contributed by atoms with van der Waals surface area (Å²) in [4.78, 5) is 10.6. The standard InChI is InChI=1S/C60H64N3O.Pt/c1-37(2)29-40-21-26-54(51(30-40)42-17-14-13-15-18-42)63-55-20-16-19-49(56(55)62-58(63)52-35-44(38(3)4)34-50(39(5)6)57(52)64)45-31-46(33-48(32-45)60(10,11)12)53-36-43(27-28-61-53)41-22-24-47(25-23-41)59(7,8)9;/h13-28,30,32-39,64H,29H2,1-12H3;/q-1;. The van der Waals surface area contributed by atoms with E-state index in [4.69, 9.17) is 9.97 Å². The number of hydrogen-bond acceptors (Lipinski definition) is 3. The fourth-order valence-electron chi connectivity index (χ4n) is 8.80. The van der Waals surface area contributed by atoms with Gasteiger partial charge in [-0.25, -0.2) is 4.98 Å². The van der Waals surface area contributed by atoms with Gasteiger partial charge in [-0.2, -0.15) is 0 Å². The monoisotopic (exact) mass is 1040 g/mol. The van der Waals surface area contributed by atoms with Crippen LogP contribution in [0, 0.1) is 12.0 Å². The summed E-state index contributed by atoms with van der Waals surface area (Å²) < 4.78 is 2.29. The second kappa shape index (κ2) is 18.7. The van der Waals surface area contributed by atoms with Crippen LogP contribution in [0.5, 0.6) is 5.75 Å². The smallest absolute Gasteiger partial charge is 0.148 e. The van der Waals surface area contributed by atoms with Crippen LogP contribution in [0.25, 0.3) is 72.7 Å². The number of nitrogens with zero attached hydrogens (tertiary/aromatic N) is 3. The maximum Gasteiger partial charge on any atom is 0.148 e. The molecule has 1 N–H and O–H groups in total. The zero-order valence-corrected chi connectivity index (χ0v) is 42.5. The predicted octanol–water partition coefficient (Wildman–Crippen LogP) is 16.3. The summed E-state index contributed by atoms with van der Waals surface area (Å²) in [6, 6.07) is 49.9. The van der Waals surface area contributed by atoms with Crippen molar-refractivity contribution in [2.45, 2.75) is 112 Å². The third-order valence-corrected chi connectivity index (χ3v) is 12.6. The molecule has 0 amide bonds. The molecule has 0 aliphatic heterocycles. The minimum Gasteiger partial charge on any atom is -0.507 e. The van der Waals surface area contributed by atoms with E-state index in [-0.39, 0.29) is 49.5 Å². The van der Waals surface area contributed by atoms with Gasteiger partial charge in [-0.1, -0.05) is 179 Å². The largest absolute Gasteiger partial charge is 0.507 e. The Bertz CT molecular complexity index is 2960. The van der Waals surface area contributed by atoms with E-state index in [9.17, 15) is 5.11 Å². The van der Waals surface area contributed by atoms with Crippen molar-refractivity contribution in [2.24, 2.45) is 5.92 Å². The summed E-state index contributed by atoms with van der Waals surface area (Å²) >= 11 is 0. The molecule has 0 saturated heterocycles. The van der Waals surface area contributed by atoms with Crippen molar-refractivity contribution >= 4 is 11.0 Å². The quantitative estimate of drug-likeness (QED) is 0.139.